The summed E-state index contributed by atoms with van der Waals surface area (Å²) in [5.74, 6) is -0.0130. The molecule has 0 radical (unpaired) electrons. The Morgan fingerprint density at radius 2 is 1.69 bits per heavy atom. The molecule has 2 amide bonds. The molecular formula is C26H28N4O2. The van der Waals surface area contributed by atoms with E-state index >= 15 is 0 Å². The van der Waals surface area contributed by atoms with Crippen molar-refractivity contribution in [3.8, 4) is 0 Å². The summed E-state index contributed by atoms with van der Waals surface area (Å²) >= 11 is 0. The van der Waals surface area contributed by atoms with E-state index in [2.05, 4.69) is 9.97 Å². The van der Waals surface area contributed by atoms with Crippen LogP contribution in [0.4, 0.5) is 0 Å². The van der Waals surface area contributed by atoms with E-state index in [-0.39, 0.29) is 23.8 Å². The van der Waals surface area contributed by atoms with Crippen LogP contribution in [0.25, 0.3) is 0 Å². The highest BCUT2D eigenvalue weighted by atomic mass is 16.2. The molecule has 2 heterocycles. The van der Waals surface area contributed by atoms with Crippen LogP contribution in [0.2, 0.25) is 0 Å². The van der Waals surface area contributed by atoms with Crippen LogP contribution in [0.3, 0.4) is 0 Å². The molecule has 0 N–H and O–H groups in total. The van der Waals surface area contributed by atoms with Gasteiger partial charge in [-0.25, -0.2) is 0 Å². The third-order valence-electron chi connectivity index (χ3n) is 6.23. The lowest BCUT2D eigenvalue weighted by atomic mass is 9.92. The number of rotatable bonds is 5. The van der Waals surface area contributed by atoms with Gasteiger partial charge in [0.2, 0.25) is 5.91 Å². The molecule has 32 heavy (non-hydrogen) atoms. The first-order valence-corrected chi connectivity index (χ1v) is 11.0. The molecule has 2 aromatic carbocycles. The first-order chi connectivity index (χ1) is 15.6. The van der Waals surface area contributed by atoms with E-state index in [0.717, 1.165) is 16.8 Å². The van der Waals surface area contributed by atoms with Gasteiger partial charge in [-0.15, -0.1) is 0 Å². The van der Waals surface area contributed by atoms with Crippen LogP contribution in [0, 0.1) is 12.8 Å². The first-order valence-electron chi connectivity index (χ1n) is 11.0. The number of aromatic nitrogens is 2. The Bertz CT molecular complexity index is 1060. The molecular weight excluding hydrogens is 400 g/mol. The average molecular weight is 429 g/mol. The standard InChI is InChI=1S/C26H28N4O2/c1-19-8-6-7-11-22(19)24(23-18-27-14-15-28-23)29(2)25(31)21-12-16-30(17-13-21)26(32)20-9-4-3-5-10-20/h3-11,14-15,18,21,24H,12-13,16-17H2,1-2H3. The van der Waals surface area contributed by atoms with Gasteiger partial charge in [0.05, 0.1) is 11.9 Å². The van der Waals surface area contributed by atoms with Gasteiger partial charge in [-0.1, -0.05) is 42.5 Å². The Morgan fingerprint density at radius 3 is 2.34 bits per heavy atom. The molecule has 1 unspecified atom stereocenters. The fourth-order valence-corrected chi connectivity index (χ4v) is 4.42. The molecule has 0 aliphatic carbocycles. The largest absolute Gasteiger partial charge is 0.339 e. The van der Waals surface area contributed by atoms with Crippen molar-refractivity contribution in [3.05, 3.63) is 95.6 Å². The van der Waals surface area contributed by atoms with Crippen LogP contribution < -0.4 is 0 Å². The minimum absolute atomic E-state index is 0.0298. The van der Waals surface area contributed by atoms with Gasteiger partial charge in [-0.3, -0.25) is 19.6 Å². The van der Waals surface area contributed by atoms with Crippen molar-refractivity contribution in [2.45, 2.75) is 25.8 Å². The van der Waals surface area contributed by atoms with Crippen LogP contribution in [0.5, 0.6) is 0 Å². The molecule has 6 nitrogen and oxygen atoms in total. The number of likely N-dealkylation sites (tertiary alicyclic amines) is 1. The van der Waals surface area contributed by atoms with Gasteiger partial charge in [0, 0.05) is 44.0 Å². The average Bonchev–Trinajstić information content (AvgIpc) is 2.85. The van der Waals surface area contributed by atoms with Gasteiger partial charge in [0.25, 0.3) is 5.91 Å². The highest BCUT2D eigenvalue weighted by molar-refractivity contribution is 5.94. The summed E-state index contributed by atoms with van der Waals surface area (Å²) in [6.45, 7) is 3.21. The van der Waals surface area contributed by atoms with Crippen molar-refractivity contribution in [2.75, 3.05) is 20.1 Å². The predicted molar refractivity (Wildman–Crippen MR) is 123 cm³/mol. The molecule has 0 bridgehead atoms. The Hall–Kier alpha value is -3.54. The number of aryl methyl sites for hydroxylation is 1. The second-order valence-corrected chi connectivity index (χ2v) is 8.27. The van der Waals surface area contributed by atoms with Gasteiger partial charge < -0.3 is 9.80 Å². The molecule has 1 atom stereocenters. The summed E-state index contributed by atoms with van der Waals surface area (Å²) in [6, 6.07) is 17.1. The van der Waals surface area contributed by atoms with Gasteiger partial charge in [-0.05, 0) is 43.0 Å². The van der Waals surface area contributed by atoms with E-state index in [1.165, 1.54) is 0 Å². The van der Waals surface area contributed by atoms with Crippen molar-refractivity contribution >= 4 is 11.8 Å². The van der Waals surface area contributed by atoms with Crippen LogP contribution in [-0.4, -0.2) is 51.7 Å². The summed E-state index contributed by atoms with van der Waals surface area (Å²) in [4.78, 5) is 38.6. The summed E-state index contributed by atoms with van der Waals surface area (Å²) in [5, 5.41) is 0. The van der Waals surface area contributed by atoms with Crippen LogP contribution in [0.1, 0.15) is 46.1 Å². The van der Waals surface area contributed by atoms with E-state index in [9.17, 15) is 9.59 Å². The number of benzene rings is 2. The van der Waals surface area contributed by atoms with Crippen molar-refractivity contribution in [2.24, 2.45) is 5.92 Å². The van der Waals surface area contributed by atoms with E-state index < -0.39 is 0 Å². The zero-order chi connectivity index (χ0) is 22.5. The molecule has 1 aromatic heterocycles. The Morgan fingerprint density at radius 1 is 1.00 bits per heavy atom. The summed E-state index contributed by atoms with van der Waals surface area (Å²) in [6.07, 6.45) is 6.33. The zero-order valence-electron chi connectivity index (χ0n) is 18.5. The molecule has 0 saturated carbocycles. The van der Waals surface area contributed by atoms with E-state index in [0.29, 0.717) is 31.5 Å². The Balaban J connectivity index is 1.49. The monoisotopic (exact) mass is 428 g/mol. The van der Waals surface area contributed by atoms with Gasteiger partial charge in [-0.2, -0.15) is 0 Å². The molecule has 3 aromatic rings. The van der Waals surface area contributed by atoms with Crippen molar-refractivity contribution in [1.29, 1.82) is 0 Å². The minimum Gasteiger partial charge on any atom is -0.339 e. The number of piperidine rings is 1. The Labute approximate surface area is 188 Å². The van der Waals surface area contributed by atoms with Crippen molar-refractivity contribution in [1.82, 2.24) is 19.8 Å². The lowest BCUT2D eigenvalue weighted by Gasteiger charge is -2.36. The minimum atomic E-state index is -0.304. The van der Waals surface area contributed by atoms with E-state index in [1.54, 1.807) is 23.5 Å². The highest BCUT2D eigenvalue weighted by Gasteiger charge is 2.33. The maximum absolute atomic E-state index is 13.5. The fraction of sp³-hybridized carbons (Fsp3) is 0.308. The second-order valence-electron chi connectivity index (χ2n) is 8.27. The number of carbonyl (C=O) groups is 2. The number of amides is 2. The number of carbonyl (C=O) groups excluding carboxylic acids is 2. The molecule has 0 spiro atoms. The SMILES string of the molecule is Cc1ccccc1C(c1cnccn1)N(C)C(=O)C1CCN(C(=O)c2ccccc2)CC1. The molecule has 6 heteroatoms. The zero-order valence-corrected chi connectivity index (χ0v) is 18.5. The summed E-state index contributed by atoms with van der Waals surface area (Å²) in [5.41, 5.74) is 3.58. The molecule has 1 saturated heterocycles. The molecule has 164 valence electrons. The predicted octanol–water partition coefficient (Wildman–Crippen LogP) is 3.89. The number of hydrogen-bond acceptors (Lipinski definition) is 4. The third kappa shape index (κ3) is 4.54. The van der Waals surface area contributed by atoms with E-state index in [4.69, 9.17) is 0 Å². The smallest absolute Gasteiger partial charge is 0.253 e. The van der Waals surface area contributed by atoms with Gasteiger partial charge >= 0.3 is 0 Å². The van der Waals surface area contributed by atoms with E-state index in [1.807, 2.05) is 73.5 Å². The topological polar surface area (TPSA) is 66.4 Å². The normalized spacial score (nSPS) is 15.2. The van der Waals surface area contributed by atoms with Gasteiger partial charge in [0.15, 0.2) is 0 Å². The second kappa shape index (κ2) is 9.73. The fourth-order valence-electron chi connectivity index (χ4n) is 4.42. The van der Waals surface area contributed by atoms with Gasteiger partial charge in [0.1, 0.15) is 6.04 Å². The van der Waals surface area contributed by atoms with Crippen LogP contribution in [-0.2, 0) is 4.79 Å². The third-order valence-corrected chi connectivity index (χ3v) is 6.23. The summed E-state index contributed by atoms with van der Waals surface area (Å²) < 4.78 is 0. The molecule has 1 aliphatic heterocycles. The van der Waals surface area contributed by atoms with Crippen molar-refractivity contribution < 1.29 is 9.59 Å². The lowest BCUT2D eigenvalue weighted by Crippen LogP contribution is -2.44. The van der Waals surface area contributed by atoms with Crippen LogP contribution in [0.15, 0.2) is 73.2 Å². The maximum atomic E-state index is 13.5. The van der Waals surface area contributed by atoms with Crippen LogP contribution >= 0.6 is 0 Å². The molecule has 4 rings (SSSR count). The molecule has 1 fully saturated rings. The lowest BCUT2D eigenvalue weighted by molar-refractivity contribution is -0.137. The quantitative estimate of drug-likeness (QED) is 0.619. The maximum Gasteiger partial charge on any atom is 0.253 e. The number of nitrogens with zero attached hydrogens (tertiary/aromatic N) is 4. The van der Waals surface area contributed by atoms with Crippen molar-refractivity contribution in [3.63, 3.8) is 0 Å². The number of hydrogen-bond donors (Lipinski definition) is 0. The first kappa shape index (κ1) is 21.7. The summed E-state index contributed by atoms with van der Waals surface area (Å²) in [7, 11) is 1.84. The Kier molecular flexibility index (Phi) is 6.59. The highest BCUT2D eigenvalue weighted by Crippen LogP contribution is 2.31. The molecule has 1 aliphatic rings.